The fourth-order valence-electron chi connectivity index (χ4n) is 1.84. The van der Waals surface area contributed by atoms with Crippen LogP contribution < -0.4 is 10.6 Å². The van der Waals surface area contributed by atoms with E-state index in [0.717, 1.165) is 0 Å². The van der Waals surface area contributed by atoms with E-state index in [1.165, 1.54) is 30.3 Å². The van der Waals surface area contributed by atoms with E-state index in [4.69, 9.17) is 5.26 Å². The van der Waals surface area contributed by atoms with Gasteiger partial charge < -0.3 is 15.7 Å². The van der Waals surface area contributed by atoms with Gasteiger partial charge >= 0.3 is 11.8 Å². The minimum absolute atomic E-state index is 0.0721. The summed E-state index contributed by atoms with van der Waals surface area (Å²) in [6.07, 6.45) is 0. The van der Waals surface area contributed by atoms with Crippen molar-refractivity contribution in [3.8, 4) is 11.8 Å². The number of carbonyl (C=O) groups is 2. The molecule has 2 amide bonds. The van der Waals surface area contributed by atoms with Gasteiger partial charge in [-0.25, -0.2) is 0 Å². The average molecular weight is 295 g/mol. The van der Waals surface area contributed by atoms with E-state index in [2.05, 4.69) is 10.6 Å². The summed E-state index contributed by atoms with van der Waals surface area (Å²) >= 11 is 0. The van der Waals surface area contributed by atoms with Crippen LogP contribution in [0.1, 0.15) is 11.1 Å². The van der Waals surface area contributed by atoms with E-state index >= 15 is 0 Å². The molecule has 6 nitrogen and oxygen atoms in total. The van der Waals surface area contributed by atoms with Crippen LogP contribution in [0, 0.1) is 18.3 Å². The number of hydrogen-bond donors (Lipinski definition) is 3. The lowest BCUT2D eigenvalue weighted by molar-refractivity contribution is -0.133. The number of phenolic OH excluding ortho intramolecular Hbond substituents is 1. The number of rotatable bonds is 2. The van der Waals surface area contributed by atoms with E-state index in [1.54, 1.807) is 19.1 Å². The Kier molecular flexibility index (Phi) is 4.39. The topological polar surface area (TPSA) is 102 Å². The molecule has 110 valence electrons. The molecule has 3 N–H and O–H groups in total. The molecule has 0 radical (unpaired) electrons. The van der Waals surface area contributed by atoms with Gasteiger partial charge in [-0.1, -0.05) is 12.1 Å². The molecule has 2 rings (SSSR count). The van der Waals surface area contributed by atoms with Crippen molar-refractivity contribution in [2.45, 2.75) is 6.92 Å². The second-order valence-electron chi connectivity index (χ2n) is 4.56. The molecule has 0 aromatic heterocycles. The molecule has 0 aliphatic heterocycles. The molecule has 0 saturated carbocycles. The number of aromatic hydroxyl groups is 1. The summed E-state index contributed by atoms with van der Waals surface area (Å²) in [6.45, 7) is 1.69. The monoisotopic (exact) mass is 295 g/mol. The van der Waals surface area contributed by atoms with Crippen LogP contribution in [0.4, 0.5) is 11.4 Å². The Bertz CT molecular complexity index is 778. The van der Waals surface area contributed by atoms with Gasteiger partial charge in [-0.15, -0.1) is 0 Å². The zero-order valence-electron chi connectivity index (χ0n) is 11.8. The van der Waals surface area contributed by atoms with Crippen LogP contribution in [0.15, 0.2) is 42.5 Å². The van der Waals surface area contributed by atoms with Gasteiger partial charge in [0.25, 0.3) is 0 Å². The Morgan fingerprint density at radius 3 is 2.32 bits per heavy atom. The number of anilines is 2. The summed E-state index contributed by atoms with van der Waals surface area (Å²) < 4.78 is 0. The molecular weight excluding hydrogens is 282 g/mol. The van der Waals surface area contributed by atoms with Crippen LogP contribution in [0.3, 0.4) is 0 Å². The Morgan fingerprint density at radius 1 is 1.05 bits per heavy atom. The number of aryl methyl sites for hydroxylation is 1. The van der Waals surface area contributed by atoms with E-state index in [0.29, 0.717) is 11.3 Å². The fourth-order valence-corrected chi connectivity index (χ4v) is 1.84. The number of phenols is 1. The quantitative estimate of drug-likeness (QED) is 0.583. The molecule has 0 heterocycles. The third-order valence-corrected chi connectivity index (χ3v) is 2.96. The highest BCUT2D eigenvalue weighted by molar-refractivity contribution is 6.43. The maximum atomic E-state index is 11.9. The van der Waals surface area contributed by atoms with Crippen molar-refractivity contribution in [1.82, 2.24) is 0 Å². The lowest BCUT2D eigenvalue weighted by atomic mass is 10.2. The minimum Gasteiger partial charge on any atom is -0.508 e. The highest BCUT2D eigenvalue weighted by Crippen LogP contribution is 2.20. The first kappa shape index (κ1) is 15.1. The Hall–Kier alpha value is -3.33. The van der Waals surface area contributed by atoms with Crippen molar-refractivity contribution >= 4 is 23.2 Å². The third-order valence-electron chi connectivity index (χ3n) is 2.96. The van der Waals surface area contributed by atoms with Gasteiger partial charge in [-0.3, -0.25) is 9.59 Å². The largest absolute Gasteiger partial charge is 0.508 e. The lowest BCUT2D eigenvalue weighted by Crippen LogP contribution is -2.29. The van der Waals surface area contributed by atoms with Crippen LogP contribution >= 0.6 is 0 Å². The van der Waals surface area contributed by atoms with E-state index < -0.39 is 11.8 Å². The SMILES string of the molecule is Cc1cc(O)ccc1NC(=O)C(=O)Nc1ccccc1C#N. The molecule has 0 saturated heterocycles. The van der Waals surface area contributed by atoms with Crippen LogP contribution in [-0.2, 0) is 9.59 Å². The van der Waals surface area contributed by atoms with Gasteiger partial charge in [0.1, 0.15) is 11.8 Å². The first-order valence-electron chi connectivity index (χ1n) is 6.42. The third kappa shape index (κ3) is 3.41. The molecule has 0 aliphatic carbocycles. The van der Waals surface area contributed by atoms with Crippen molar-refractivity contribution in [1.29, 1.82) is 5.26 Å². The molecule has 0 atom stereocenters. The average Bonchev–Trinajstić information content (AvgIpc) is 2.50. The zero-order chi connectivity index (χ0) is 16.1. The van der Waals surface area contributed by atoms with Gasteiger partial charge in [0.05, 0.1) is 11.3 Å². The number of hydrogen-bond acceptors (Lipinski definition) is 4. The first-order chi connectivity index (χ1) is 10.5. The summed E-state index contributed by atoms with van der Waals surface area (Å²) in [7, 11) is 0. The van der Waals surface area contributed by atoms with Crippen LogP contribution in [0.5, 0.6) is 5.75 Å². The summed E-state index contributed by atoms with van der Waals surface area (Å²) in [5.41, 5.74) is 1.59. The summed E-state index contributed by atoms with van der Waals surface area (Å²) in [5, 5.41) is 23.1. The highest BCUT2D eigenvalue weighted by Gasteiger charge is 2.16. The second kappa shape index (κ2) is 6.41. The summed E-state index contributed by atoms with van der Waals surface area (Å²) in [5.74, 6) is -1.67. The van der Waals surface area contributed by atoms with Gasteiger partial charge in [0.15, 0.2) is 0 Å². The van der Waals surface area contributed by atoms with Gasteiger partial charge in [-0.2, -0.15) is 5.26 Å². The summed E-state index contributed by atoms with van der Waals surface area (Å²) in [4.78, 5) is 23.8. The molecule has 2 aromatic rings. The predicted molar refractivity (Wildman–Crippen MR) is 81.3 cm³/mol. The normalized spacial score (nSPS) is 9.64. The Morgan fingerprint density at radius 2 is 1.68 bits per heavy atom. The van der Waals surface area contributed by atoms with Gasteiger partial charge in [0.2, 0.25) is 0 Å². The standard InChI is InChI=1S/C16H13N3O3/c1-10-8-12(20)6-7-13(10)18-15(21)16(22)19-14-5-3-2-4-11(14)9-17/h2-8,20H,1H3,(H,18,21)(H,19,22). The molecule has 22 heavy (non-hydrogen) atoms. The van der Waals surface area contributed by atoms with Crippen molar-refractivity contribution < 1.29 is 14.7 Å². The number of carbonyl (C=O) groups excluding carboxylic acids is 2. The Balaban J connectivity index is 2.10. The van der Waals surface area contributed by atoms with Crippen molar-refractivity contribution in [2.75, 3.05) is 10.6 Å². The van der Waals surface area contributed by atoms with Crippen molar-refractivity contribution in [2.24, 2.45) is 0 Å². The number of nitriles is 1. The predicted octanol–water partition coefficient (Wildman–Crippen LogP) is 2.15. The number of nitrogens with zero attached hydrogens (tertiary/aromatic N) is 1. The molecule has 0 aliphatic rings. The number of nitrogens with one attached hydrogen (secondary N) is 2. The Labute approximate surface area is 127 Å². The molecule has 2 aromatic carbocycles. The van der Waals surface area contributed by atoms with Gasteiger partial charge in [-0.05, 0) is 42.8 Å². The first-order valence-corrected chi connectivity index (χ1v) is 6.42. The molecule has 0 unspecified atom stereocenters. The fraction of sp³-hybridized carbons (Fsp3) is 0.0625. The molecule has 0 fully saturated rings. The summed E-state index contributed by atoms with van der Waals surface area (Å²) in [6, 6.07) is 12.7. The smallest absolute Gasteiger partial charge is 0.314 e. The maximum Gasteiger partial charge on any atom is 0.314 e. The molecular formula is C16H13N3O3. The molecule has 0 bridgehead atoms. The van der Waals surface area contributed by atoms with E-state index in [9.17, 15) is 14.7 Å². The van der Waals surface area contributed by atoms with Crippen LogP contribution in [0.2, 0.25) is 0 Å². The highest BCUT2D eigenvalue weighted by atomic mass is 16.3. The second-order valence-corrected chi connectivity index (χ2v) is 4.56. The maximum absolute atomic E-state index is 11.9. The van der Waals surface area contributed by atoms with Crippen molar-refractivity contribution in [3.63, 3.8) is 0 Å². The minimum atomic E-state index is -0.879. The number of amides is 2. The zero-order valence-corrected chi connectivity index (χ0v) is 11.8. The molecule has 6 heteroatoms. The van der Waals surface area contributed by atoms with Crippen LogP contribution in [0.25, 0.3) is 0 Å². The number of benzene rings is 2. The van der Waals surface area contributed by atoms with Gasteiger partial charge in [0, 0.05) is 5.69 Å². The van der Waals surface area contributed by atoms with Crippen LogP contribution in [-0.4, -0.2) is 16.9 Å². The molecule has 0 spiro atoms. The van der Waals surface area contributed by atoms with Crippen molar-refractivity contribution in [3.05, 3.63) is 53.6 Å². The van der Waals surface area contributed by atoms with E-state index in [1.807, 2.05) is 6.07 Å². The van der Waals surface area contributed by atoms with E-state index in [-0.39, 0.29) is 17.0 Å². The number of para-hydroxylation sites is 1. The lowest BCUT2D eigenvalue weighted by Gasteiger charge is -2.09.